The molecule has 0 aliphatic rings. The number of aliphatic imine (C=N–C) groups is 1. The van der Waals surface area contributed by atoms with E-state index in [2.05, 4.69) is 104 Å². The Bertz CT molecular complexity index is 1030. The van der Waals surface area contributed by atoms with Crippen molar-refractivity contribution in [1.82, 2.24) is 0 Å². The summed E-state index contributed by atoms with van der Waals surface area (Å²) in [4.78, 5) is 5.03. The van der Waals surface area contributed by atoms with Crippen LogP contribution in [0.3, 0.4) is 0 Å². The molecule has 0 saturated carbocycles. The maximum Gasteiger partial charge on any atom is 0.0999 e. The summed E-state index contributed by atoms with van der Waals surface area (Å²) in [6.45, 7) is 2.15. The molecule has 1 nitrogen and oxygen atoms in total. The molecule has 28 heavy (non-hydrogen) atoms. The summed E-state index contributed by atoms with van der Waals surface area (Å²) in [5, 5.41) is 0. The molecule has 0 aliphatic carbocycles. The molecule has 0 fully saturated rings. The Hall–Kier alpha value is -3.45. The van der Waals surface area contributed by atoms with Gasteiger partial charge in [0.2, 0.25) is 0 Å². The lowest BCUT2D eigenvalue weighted by Crippen LogP contribution is -1.99. The molecule has 0 saturated heterocycles. The fraction of sp³-hybridized carbons (Fsp3) is 0.0741. The van der Waals surface area contributed by atoms with E-state index in [1.54, 1.807) is 0 Å². The number of rotatable bonds is 5. The normalized spacial score (nSPS) is 11.2. The molecule has 0 aromatic heterocycles. The SMILES string of the molecule is Cc1ccccc1-c1ccccc1C=NC(c1ccccc1)c1ccccc1. The van der Waals surface area contributed by atoms with Crippen LogP contribution in [0.2, 0.25) is 0 Å². The summed E-state index contributed by atoms with van der Waals surface area (Å²) in [5.41, 5.74) is 7.25. The molecule has 0 bridgehead atoms. The number of benzene rings is 4. The molecule has 0 aliphatic heterocycles. The predicted molar refractivity (Wildman–Crippen MR) is 119 cm³/mol. The van der Waals surface area contributed by atoms with Crippen LogP contribution in [0.4, 0.5) is 0 Å². The van der Waals surface area contributed by atoms with Gasteiger partial charge in [-0.2, -0.15) is 0 Å². The van der Waals surface area contributed by atoms with Gasteiger partial charge < -0.3 is 0 Å². The highest BCUT2D eigenvalue weighted by molar-refractivity contribution is 5.91. The zero-order valence-electron chi connectivity index (χ0n) is 16.0. The van der Waals surface area contributed by atoms with Gasteiger partial charge in [-0.3, -0.25) is 4.99 Å². The average molecular weight is 361 g/mol. The van der Waals surface area contributed by atoms with Crippen LogP contribution in [0.1, 0.15) is 28.3 Å². The lowest BCUT2D eigenvalue weighted by Gasteiger charge is -2.14. The summed E-state index contributed by atoms with van der Waals surface area (Å²) in [7, 11) is 0. The van der Waals surface area contributed by atoms with Gasteiger partial charge in [-0.15, -0.1) is 0 Å². The van der Waals surface area contributed by atoms with E-state index in [-0.39, 0.29) is 6.04 Å². The first-order valence-electron chi connectivity index (χ1n) is 9.61. The molecule has 4 aromatic carbocycles. The Morgan fingerprint density at radius 3 is 1.68 bits per heavy atom. The summed E-state index contributed by atoms with van der Waals surface area (Å²) in [5.74, 6) is 0. The van der Waals surface area contributed by atoms with Gasteiger partial charge >= 0.3 is 0 Å². The Kier molecular flexibility index (Phi) is 5.44. The van der Waals surface area contributed by atoms with Gasteiger partial charge in [0.25, 0.3) is 0 Å². The summed E-state index contributed by atoms with van der Waals surface area (Å²) in [6, 6.07) is 37.9. The lowest BCUT2D eigenvalue weighted by atomic mass is 9.96. The van der Waals surface area contributed by atoms with Gasteiger partial charge in [0.1, 0.15) is 0 Å². The zero-order chi connectivity index (χ0) is 19.2. The number of hydrogen-bond donors (Lipinski definition) is 0. The fourth-order valence-electron chi connectivity index (χ4n) is 3.52. The van der Waals surface area contributed by atoms with Crippen molar-refractivity contribution >= 4 is 6.21 Å². The van der Waals surface area contributed by atoms with Crippen molar-refractivity contribution in [2.24, 2.45) is 4.99 Å². The van der Waals surface area contributed by atoms with Crippen molar-refractivity contribution in [3.63, 3.8) is 0 Å². The molecule has 0 heterocycles. The Balaban J connectivity index is 1.76. The van der Waals surface area contributed by atoms with Crippen LogP contribution in [0.25, 0.3) is 11.1 Å². The second-order valence-electron chi connectivity index (χ2n) is 6.90. The second kappa shape index (κ2) is 8.49. The van der Waals surface area contributed by atoms with Gasteiger partial charge in [-0.1, -0.05) is 109 Å². The maximum atomic E-state index is 5.03. The highest BCUT2D eigenvalue weighted by Crippen LogP contribution is 2.28. The van der Waals surface area contributed by atoms with Crippen LogP contribution in [0.15, 0.2) is 114 Å². The van der Waals surface area contributed by atoms with Crippen LogP contribution in [0, 0.1) is 6.92 Å². The zero-order valence-corrected chi connectivity index (χ0v) is 16.0. The molecule has 1 heteroatoms. The van der Waals surface area contributed by atoms with Gasteiger partial charge in [-0.05, 0) is 34.7 Å². The first kappa shape index (κ1) is 17.9. The predicted octanol–water partition coefficient (Wildman–Crippen LogP) is 6.87. The molecule has 0 radical (unpaired) electrons. The van der Waals surface area contributed by atoms with E-state index in [9.17, 15) is 0 Å². The van der Waals surface area contributed by atoms with Crippen LogP contribution in [0.5, 0.6) is 0 Å². The Morgan fingerprint density at radius 2 is 1.07 bits per heavy atom. The topological polar surface area (TPSA) is 12.4 Å². The van der Waals surface area contributed by atoms with Crippen molar-refractivity contribution in [3.8, 4) is 11.1 Å². The monoisotopic (exact) mass is 361 g/mol. The molecule has 0 unspecified atom stereocenters. The molecular weight excluding hydrogens is 338 g/mol. The van der Waals surface area contributed by atoms with Crippen molar-refractivity contribution in [1.29, 1.82) is 0 Å². The third kappa shape index (κ3) is 3.94. The molecular formula is C27H23N. The smallest absolute Gasteiger partial charge is 0.0999 e. The highest BCUT2D eigenvalue weighted by Gasteiger charge is 2.12. The van der Waals surface area contributed by atoms with Crippen LogP contribution in [-0.2, 0) is 0 Å². The minimum atomic E-state index is -0.0210. The van der Waals surface area contributed by atoms with Gasteiger partial charge in [0.15, 0.2) is 0 Å². The van der Waals surface area contributed by atoms with Gasteiger partial charge in [0.05, 0.1) is 6.04 Å². The third-order valence-corrected chi connectivity index (χ3v) is 4.99. The largest absolute Gasteiger partial charge is 0.280 e. The van der Waals surface area contributed by atoms with E-state index < -0.39 is 0 Å². The first-order valence-corrected chi connectivity index (χ1v) is 9.61. The molecule has 0 spiro atoms. The minimum Gasteiger partial charge on any atom is -0.280 e. The van der Waals surface area contributed by atoms with Crippen LogP contribution < -0.4 is 0 Å². The standard InChI is InChI=1S/C27H23N/c1-21-12-8-10-18-25(21)26-19-11-9-17-24(26)20-28-27(22-13-4-2-5-14-22)23-15-6-3-7-16-23/h2-20,27H,1H3. The number of hydrogen-bond acceptors (Lipinski definition) is 1. The van der Waals surface area contributed by atoms with E-state index in [0.29, 0.717) is 0 Å². The summed E-state index contributed by atoms with van der Waals surface area (Å²) < 4.78 is 0. The van der Waals surface area contributed by atoms with Crippen molar-refractivity contribution in [2.75, 3.05) is 0 Å². The molecule has 0 amide bonds. The second-order valence-corrected chi connectivity index (χ2v) is 6.90. The Morgan fingerprint density at radius 1 is 0.571 bits per heavy atom. The molecule has 4 rings (SSSR count). The average Bonchev–Trinajstić information content (AvgIpc) is 2.76. The quantitative estimate of drug-likeness (QED) is 0.344. The van der Waals surface area contributed by atoms with Crippen molar-refractivity contribution in [3.05, 3.63) is 131 Å². The van der Waals surface area contributed by atoms with Crippen LogP contribution >= 0.6 is 0 Å². The fourth-order valence-corrected chi connectivity index (χ4v) is 3.52. The van der Waals surface area contributed by atoms with Gasteiger partial charge in [-0.25, -0.2) is 0 Å². The van der Waals surface area contributed by atoms with Crippen LogP contribution in [-0.4, -0.2) is 6.21 Å². The molecule has 136 valence electrons. The van der Waals surface area contributed by atoms with E-state index in [4.69, 9.17) is 4.99 Å². The Labute approximate surface area is 167 Å². The molecule has 0 atom stereocenters. The minimum absolute atomic E-state index is 0.0210. The van der Waals surface area contributed by atoms with Crippen molar-refractivity contribution < 1.29 is 0 Å². The number of nitrogens with zero attached hydrogens (tertiary/aromatic N) is 1. The molecule has 0 N–H and O–H groups in total. The first-order chi connectivity index (χ1) is 13.8. The van der Waals surface area contributed by atoms with E-state index in [1.165, 1.54) is 27.8 Å². The highest BCUT2D eigenvalue weighted by atomic mass is 14.8. The molecule has 4 aromatic rings. The van der Waals surface area contributed by atoms with E-state index >= 15 is 0 Å². The number of aryl methyl sites for hydroxylation is 1. The van der Waals surface area contributed by atoms with Gasteiger partial charge in [0, 0.05) is 11.8 Å². The third-order valence-electron chi connectivity index (χ3n) is 4.99. The van der Waals surface area contributed by atoms with Crippen molar-refractivity contribution in [2.45, 2.75) is 13.0 Å². The van der Waals surface area contributed by atoms with E-state index in [1.807, 2.05) is 18.3 Å². The summed E-state index contributed by atoms with van der Waals surface area (Å²) >= 11 is 0. The lowest BCUT2D eigenvalue weighted by molar-refractivity contribution is 0.878. The summed E-state index contributed by atoms with van der Waals surface area (Å²) in [6.07, 6.45) is 2.02. The van der Waals surface area contributed by atoms with E-state index in [0.717, 1.165) is 5.56 Å². The maximum absolute atomic E-state index is 5.03.